The standard InChI is InChI=1S/C25H19N3O6S/c29-23(26-19-9-2-1-3-10-19)16-34-21-12-5-4-8-18(21)14-22-24(30)27(25(31)35-22)15-17-7-6-11-20(13-17)28(32)33/h1-14H,15-16H2,(H,26,29). The van der Waals surface area contributed by atoms with Gasteiger partial charge in [0.05, 0.1) is 16.4 Å². The predicted octanol–water partition coefficient (Wildman–Crippen LogP) is 4.85. The molecular formula is C25H19N3O6S. The second kappa shape index (κ2) is 10.7. The van der Waals surface area contributed by atoms with Crippen molar-refractivity contribution in [1.29, 1.82) is 0 Å². The van der Waals surface area contributed by atoms with E-state index in [0.717, 1.165) is 16.7 Å². The first-order valence-electron chi connectivity index (χ1n) is 10.5. The van der Waals surface area contributed by atoms with E-state index in [2.05, 4.69) is 5.32 Å². The zero-order chi connectivity index (χ0) is 24.8. The molecule has 0 unspecified atom stereocenters. The molecule has 1 fully saturated rings. The number of nitrogens with zero attached hydrogens (tertiary/aromatic N) is 2. The summed E-state index contributed by atoms with van der Waals surface area (Å²) in [4.78, 5) is 49.3. The Morgan fingerprint density at radius 2 is 1.77 bits per heavy atom. The zero-order valence-corrected chi connectivity index (χ0v) is 19.1. The third kappa shape index (κ3) is 5.92. The fraction of sp³-hybridized carbons (Fsp3) is 0.0800. The molecule has 0 bridgehead atoms. The summed E-state index contributed by atoms with van der Waals surface area (Å²) in [6, 6.07) is 21.6. The lowest BCUT2D eigenvalue weighted by Crippen LogP contribution is -2.27. The summed E-state index contributed by atoms with van der Waals surface area (Å²) < 4.78 is 5.66. The quantitative estimate of drug-likeness (QED) is 0.273. The van der Waals surface area contributed by atoms with Gasteiger partial charge < -0.3 is 10.1 Å². The number of nitro benzene ring substituents is 1. The van der Waals surface area contributed by atoms with Gasteiger partial charge in [0.15, 0.2) is 6.61 Å². The van der Waals surface area contributed by atoms with Gasteiger partial charge >= 0.3 is 0 Å². The van der Waals surface area contributed by atoms with Gasteiger partial charge in [-0.1, -0.05) is 48.5 Å². The van der Waals surface area contributed by atoms with Gasteiger partial charge in [0.1, 0.15) is 5.75 Å². The second-order valence-corrected chi connectivity index (χ2v) is 8.43. The van der Waals surface area contributed by atoms with Crippen LogP contribution in [-0.2, 0) is 16.1 Å². The molecule has 1 N–H and O–H groups in total. The largest absolute Gasteiger partial charge is 0.483 e. The lowest BCUT2D eigenvalue weighted by Gasteiger charge is -2.12. The molecule has 3 amide bonds. The number of nitrogens with one attached hydrogen (secondary N) is 1. The summed E-state index contributed by atoms with van der Waals surface area (Å²) in [5.41, 5.74) is 1.52. The Morgan fingerprint density at radius 3 is 2.54 bits per heavy atom. The molecule has 0 atom stereocenters. The van der Waals surface area contributed by atoms with Crippen LogP contribution in [0.5, 0.6) is 5.75 Å². The minimum absolute atomic E-state index is 0.0819. The second-order valence-electron chi connectivity index (χ2n) is 7.44. The first-order valence-corrected chi connectivity index (χ1v) is 11.3. The molecule has 3 aromatic carbocycles. The molecule has 0 spiro atoms. The van der Waals surface area contributed by atoms with Crippen molar-refractivity contribution in [1.82, 2.24) is 4.90 Å². The highest BCUT2D eigenvalue weighted by Gasteiger charge is 2.35. The smallest absolute Gasteiger partial charge is 0.293 e. The number of hydrogen-bond acceptors (Lipinski definition) is 7. The number of hydrogen-bond donors (Lipinski definition) is 1. The minimum atomic E-state index is -0.533. The van der Waals surface area contributed by atoms with E-state index in [1.807, 2.05) is 6.07 Å². The Morgan fingerprint density at radius 1 is 1.03 bits per heavy atom. The van der Waals surface area contributed by atoms with Crippen molar-refractivity contribution in [3.63, 3.8) is 0 Å². The Kier molecular flexibility index (Phi) is 7.22. The monoisotopic (exact) mass is 489 g/mol. The molecule has 3 aromatic rings. The van der Waals surface area contributed by atoms with Gasteiger partial charge in [-0.05, 0) is 41.6 Å². The van der Waals surface area contributed by atoms with Gasteiger partial charge in [0.2, 0.25) is 0 Å². The molecule has 1 aliphatic rings. The molecule has 10 heteroatoms. The van der Waals surface area contributed by atoms with Crippen LogP contribution in [0.25, 0.3) is 6.08 Å². The first-order chi connectivity index (χ1) is 16.9. The van der Waals surface area contributed by atoms with Crippen LogP contribution < -0.4 is 10.1 Å². The van der Waals surface area contributed by atoms with E-state index in [9.17, 15) is 24.5 Å². The summed E-state index contributed by atoms with van der Waals surface area (Å²) in [5, 5.41) is 13.2. The highest BCUT2D eigenvalue weighted by Crippen LogP contribution is 2.35. The van der Waals surface area contributed by atoms with Gasteiger partial charge in [0.25, 0.3) is 22.7 Å². The summed E-state index contributed by atoms with van der Waals surface area (Å²) in [6.45, 7) is -0.324. The van der Waals surface area contributed by atoms with Gasteiger partial charge in [-0.25, -0.2) is 0 Å². The molecular weight excluding hydrogens is 470 g/mol. The van der Waals surface area contributed by atoms with Crippen LogP contribution in [0.3, 0.4) is 0 Å². The number of para-hydroxylation sites is 2. The average molecular weight is 490 g/mol. The van der Waals surface area contributed by atoms with E-state index in [4.69, 9.17) is 4.74 Å². The van der Waals surface area contributed by atoms with E-state index >= 15 is 0 Å². The number of carbonyl (C=O) groups is 3. The zero-order valence-electron chi connectivity index (χ0n) is 18.2. The molecule has 0 saturated carbocycles. The highest BCUT2D eigenvalue weighted by molar-refractivity contribution is 8.18. The lowest BCUT2D eigenvalue weighted by molar-refractivity contribution is -0.384. The van der Waals surface area contributed by atoms with Gasteiger partial charge in [-0.15, -0.1) is 0 Å². The molecule has 176 valence electrons. The van der Waals surface area contributed by atoms with Crippen LogP contribution in [0.15, 0.2) is 83.8 Å². The van der Waals surface area contributed by atoms with E-state index in [-0.39, 0.29) is 29.7 Å². The lowest BCUT2D eigenvalue weighted by atomic mass is 10.1. The van der Waals surface area contributed by atoms with Crippen molar-refractivity contribution in [3.8, 4) is 5.75 Å². The van der Waals surface area contributed by atoms with Crippen LogP contribution in [-0.4, -0.2) is 33.5 Å². The fourth-order valence-corrected chi connectivity index (χ4v) is 4.15. The van der Waals surface area contributed by atoms with Crippen LogP contribution in [0, 0.1) is 10.1 Å². The maximum absolute atomic E-state index is 12.9. The molecule has 1 saturated heterocycles. The highest BCUT2D eigenvalue weighted by atomic mass is 32.2. The molecule has 35 heavy (non-hydrogen) atoms. The Labute approximate surface area is 204 Å². The Bertz CT molecular complexity index is 1330. The van der Waals surface area contributed by atoms with Crippen molar-refractivity contribution in [2.75, 3.05) is 11.9 Å². The molecule has 4 rings (SSSR count). The van der Waals surface area contributed by atoms with Crippen LogP contribution in [0.4, 0.5) is 16.2 Å². The van der Waals surface area contributed by atoms with E-state index < -0.39 is 16.1 Å². The molecule has 0 radical (unpaired) electrons. The number of thioether (sulfide) groups is 1. The number of rotatable bonds is 8. The molecule has 0 aliphatic carbocycles. The number of carbonyl (C=O) groups excluding carboxylic acids is 3. The van der Waals surface area contributed by atoms with Crippen molar-refractivity contribution < 1.29 is 24.0 Å². The number of amides is 3. The summed E-state index contributed by atoms with van der Waals surface area (Å²) in [5.74, 6) is -0.479. The van der Waals surface area contributed by atoms with Gasteiger partial charge in [0, 0.05) is 23.4 Å². The van der Waals surface area contributed by atoms with Crippen molar-refractivity contribution in [2.45, 2.75) is 6.54 Å². The molecule has 9 nitrogen and oxygen atoms in total. The van der Waals surface area contributed by atoms with Crippen molar-refractivity contribution >= 4 is 46.3 Å². The maximum Gasteiger partial charge on any atom is 0.293 e. The molecule has 1 aliphatic heterocycles. The number of nitro groups is 1. The van der Waals surface area contributed by atoms with Crippen LogP contribution >= 0.6 is 11.8 Å². The SMILES string of the molecule is O=C(COc1ccccc1C=C1SC(=O)N(Cc2cccc([N+](=O)[O-])c2)C1=O)Nc1ccccc1. The Balaban J connectivity index is 1.45. The topological polar surface area (TPSA) is 119 Å². The van der Waals surface area contributed by atoms with Crippen LogP contribution in [0.1, 0.15) is 11.1 Å². The van der Waals surface area contributed by atoms with Crippen LogP contribution in [0.2, 0.25) is 0 Å². The maximum atomic E-state index is 12.9. The summed E-state index contributed by atoms with van der Waals surface area (Å²) in [6.07, 6.45) is 1.53. The number of imide groups is 1. The van der Waals surface area contributed by atoms with E-state index in [1.54, 1.807) is 54.6 Å². The average Bonchev–Trinajstić information content (AvgIpc) is 3.11. The number of anilines is 1. The van der Waals surface area contributed by atoms with E-state index in [0.29, 0.717) is 22.6 Å². The molecule has 1 heterocycles. The van der Waals surface area contributed by atoms with Crippen molar-refractivity contribution in [3.05, 3.63) is 105 Å². The predicted molar refractivity (Wildman–Crippen MR) is 132 cm³/mol. The minimum Gasteiger partial charge on any atom is -0.483 e. The third-order valence-corrected chi connectivity index (χ3v) is 5.86. The molecule has 0 aromatic heterocycles. The van der Waals surface area contributed by atoms with Crippen molar-refractivity contribution in [2.24, 2.45) is 0 Å². The fourth-order valence-electron chi connectivity index (χ4n) is 3.32. The normalized spacial score (nSPS) is 14.3. The summed E-state index contributed by atoms with van der Waals surface area (Å²) >= 11 is 0.771. The van der Waals surface area contributed by atoms with Gasteiger partial charge in [-0.3, -0.25) is 29.4 Å². The number of non-ortho nitro benzene ring substituents is 1. The Hall–Kier alpha value is -4.44. The number of benzene rings is 3. The summed E-state index contributed by atoms with van der Waals surface area (Å²) in [7, 11) is 0. The number of ether oxygens (including phenoxy) is 1. The third-order valence-electron chi connectivity index (χ3n) is 4.96. The first kappa shape index (κ1) is 23.7. The van der Waals surface area contributed by atoms with E-state index in [1.165, 1.54) is 24.3 Å². The van der Waals surface area contributed by atoms with Gasteiger partial charge in [-0.2, -0.15) is 0 Å².